The molecule has 0 heterocycles. The smallest absolute Gasteiger partial charge is 0.302 e. The van der Waals surface area contributed by atoms with Crippen LogP contribution < -0.4 is 0 Å². The quantitative estimate of drug-likeness (QED) is 0.721. The van der Waals surface area contributed by atoms with Crippen LogP contribution in [-0.2, 0) is 20.7 Å². The van der Waals surface area contributed by atoms with E-state index in [9.17, 15) is 14.4 Å². The van der Waals surface area contributed by atoms with Crippen molar-refractivity contribution in [2.45, 2.75) is 39.5 Å². The number of carbonyl (C=O) groups excluding carboxylic acids is 3. The van der Waals surface area contributed by atoms with Crippen LogP contribution in [0.2, 0.25) is 10.0 Å². The number of hydrogen-bond acceptors (Lipinski definition) is 4. The third-order valence-electron chi connectivity index (χ3n) is 4.26. The van der Waals surface area contributed by atoms with Gasteiger partial charge in [-0.25, -0.2) is 0 Å². The van der Waals surface area contributed by atoms with Gasteiger partial charge in [0.15, 0.2) is 5.78 Å². The second-order valence-electron chi connectivity index (χ2n) is 5.97. The molecule has 0 bridgehead atoms. The third-order valence-corrected chi connectivity index (χ3v) is 5.06. The summed E-state index contributed by atoms with van der Waals surface area (Å²) in [6.45, 7) is 2.96. The second kappa shape index (κ2) is 7.02. The minimum Gasteiger partial charge on any atom is -0.466 e. The van der Waals surface area contributed by atoms with E-state index in [4.69, 9.17) is 27.9 Å². The molecule has 0 radical (unpaired) electrons. The molecule has 23 heavy (non-hydrogen) atoms. The highest BCUT2D eigenvalue weighted by molar-refractivity contribution is 6.44. The van der Waals surface area contributed by atoms with Gasteiger partial charge in [-0.3, -0.25) is 9.59 Å². The number of ether oxygens (including phenoxy) is 1. The molecule has 0 spiro atoms. The van der Waals surface area contributed by atoms with Crippen molar-refractivity contribution >= 4 is 40.7 Å². The largest absolute Gasteiger partial charge is 0.466 e. The molecular weight excluding hydrogens is 339 g/mol. The van der Waals surface area contributed by atoms with Crippen molar-refractivity contribution in [1.29, 1.82) is 0 Å². The Kier molecular flexibility index (Phi) is 5.48. The van der Waals surface area contributed by atoms with Gasteiger partial charge < -0.3 is 9.53 Å². The molecule has 1 unspecified atom stereocenters. The predicted molar refractivity (Wildman–Crippen MR) is 88.1 cm³/mol. The zero-order chi connectivity index (χ0) is 17.2. The topological polar surface area (TPSA) is 60.4 Å². The first-order valence-corrected chi connectivity index (χ1v) is 8.17. The first-order valence-electron chi connectivity index (χ1n) is 7.41. The molecule has 0 fully saturated rings. The molecule has 1 aliphatic rings. The Morgan fingerprint density at radius 1 is 1.22 bits per heavy atom. The summed E-state index contributed by atoms with van der Waals surface area (Å²) >= 11 is 12.2. The SMILES string of the molecule is CC(=O)CCC1(CCOC(C)=O)Cc2ccc(Cl)c(Cl)c2C1=O. The average molecular weight is 357 g/mol. The monoisotopic (exact) mass is 356 g/mol. The minimum absolute atomic E-state index is 0.0183. The molecule has 0 saturated heterocycles. The lowest BCUT2D eigenvalue weighted by molar-refractivity contribution is -0.141. The molecule has 1 atom stereocenters. The van der Waals surface area contributed by atoms with Gasteiger partial charge in [0.1, 0.15) is 5.78 Å². The van der Waals surface area contributed by atoms with Crippen LogP contribution in [0.1, 0.15) is 49.0 Å². The number of hydrogen-bond donors (Lipinski definition) is 0. The number of Topliss-reactive ketones (excluding diaryl/α,β-unsaturated/α-hetero) is 2. The summed E-state index contributed by atoms with van der Waals surface area (Å²) in [5.41, 5.74) is 0.499. The summed E-state index contributed by atoms with van der Waals surface area (Å²) in [5, 5.41) is 0.590. The summed E-state index contributed by atoms with van der Waals surface area (Å²) in [7, 11) is 0. The number of benzene rings is 1. The molecule has 1 aliphatic carbocycles. The average Bonchev–Trinajstić information content (AvgIpc) is 2.74. The highest BCUT2D eigenvalue weighted by atomic mass is 35.5. The van der Waals surface area contributed by atoms with Crippen molar-refractivity contribution in [3.8, 4) is 0 Å². The zero-order valence-electron chi connectivity index (χ0n) is 13.1. The summed E-state index contributed by atoms with van der Waals surface area (Å²) < 4.78 is 5.00. The molecule has 0 aliphatic heterocycles. The van der Waals surface area contributed by atoms with Gasteiger partial charge in [-0.15, -0.1) is 0 Å². The highest BCUT2D eigenvalue weighted by Crippen LogP contribution is 2.47. The van der Waals surface area contributed by atoms with Gasteiger partial charge in [0.2, 0.25) is 0 Å². The van der Waals surface area contributed by atoms with Gasteiger partial charge in [-0.05, 0) is 37.8 Å². The number of rotatable bonds is 6. The van der Waals surface area contributed by atoms with E-state index in [-0.39, 0.29) is 23.2 Å². The Bertz CT molecular complexity index is 669. The molecule has 6 heteroatoms. The maximum Gasteiger partial charge on any atom is 0.302 e. The number of halogens is 2. The van der Waals surface area contributed by atoms with E-state index in [2.05, 4.69) is 0 Å². The summed E-state index contributed by atoms with van der Waals surface area (Å²) in [6.07, 6.45) is 1.55. The van der Waals surface area contributed by atoms with E-state index in [1.54, 1.807) is 12.1 Å². The van der Waals surface area contributed by atoms with E-state index < -0.39 is 11.4 Å². The van der Waals surface area contributed by atoms with Crippen LogP contribution in [0.25, 0.3) is 0 Å². The van der Waals surface area contributed by atoms with Crippen molar-refractivity contribution in [2.75, 3.05) is 6.61 Å². The summed E-state index contributed by atoms with van der Waals surface area (Å²) in [4.78, 5) is 35.4. The zero-order valence-corrected chi connectivity index (χ0v) is 14.6. The van der Waals surface area contributed by atoms with Crippen molar-refractivity contribution in [3.05, 3.63) is 33.3 Å². The summed E-state index contributed by atoms with van der Waals surface area (Å²) in [6, 6.07) is 3.46. The Balaban J connectivity index is 2.32. The fourth-order valence-electron chi connectivity index (χ4n) is 3.03. The third kappa shape index (κ3) is 3.75. The second-order valence-corrected chi connectivity index (χ2v) is 6.76. The standard InChI is InChI=1S/C17H18Cl2O4/c1-10(20)5-6-17(7-8-23-11(2)21)9-12-3-4-13(18)15(19)14(12)16(17)22/h3-4H,5-9H2,1-2H3. The van der Waals surface area contributed by atoms with Gasteiger partial charge >= 0.3 is 5.97 Å². The van der Waals surface area contributed by atoms with Crippen LogP contribution in [0.5, 0.6) is 0 Å². The fourth-order valence-corrected chi connectivity index (χ4v) is 3.46. The Hall–Kier alpha value is -1.39. The van der Waals surface area contributed by atoms with Crippen LogP contribution in [-0.4, -0.2) is 24.1 Å². The minimum atomic E-state index is -0.766. The van der Waals surface area contributed by atoms with Gasteiger partial charge in [-0.1, -0.05) is 29.3 Å². The van der Waals surface area contributed by atoms with Gasteiger partial charge in [0.05, 0.1) is 16.7 Å². The van der Waals surface area contributed by atoms with E-state index in [1.807, 2.05) is 0 Å². The molecule has 4 nitrogen and oxygen atoms in total. The molecule has 1 aromatic carbocycles. The lowest BCUT2D eigenvalue weighted by Gasteiger charge is -2.26. The predicted octanol–water partition coefficient (Wildman–Crippen LogP) is 4.04. The highest BCUT2D eigenvalue weighted by Gasteiger charge is 2.46. The number of ketones is 2. The first kappa shape index (κ1) is 18.0. The molecule has 0 amide bonds. The molecule has 124 valence electrons. The molecule has 1 aromatic rings. The Morgan fingerprint density at radius 2 is 1.91 bits per heavy atom. The first-order chi connectivity index (χ1) is 10.8. The normalized spacial score (nSPS) is 19.6. The molecular formula is C17H18Cl2O4. The van der Waals surface area contributed by atoms with Crippen LogP contribution >= 0.6 is 23.2 Å². The number of carbonyl (C=O) groups is 3. The number of esters is 1. The van der Waals surface area contributed by atoms with Crippen LogP contribution in [0.3, 0.4) is 0 Å². The van der Waals surface area contributed by atoms with Crippen molar-refractivity contribution in [3.63, 3.8) is 0 Å². The maximum absolute atomic E-state index is 13.0. The molecule has 2 rings (SSSR count). The van der Waals surface area contributed by atoms with Crippen molar-refractivity contribution in [1.82, 2.24) is 0 Å². The lowest BCUT2D eigenvalue weighted by Crippen LogP contribution is -2.31. The van der Waals surface area contributed by atoms with E-state index >= 15 is 0 Å². The van der Waals surface area contributed by atoms with Crippen LogP contribution in [0, 0.1) is 5.41 Å². The Morgan fingerprint density at radius 3 is 2.52 bits per heavy atom. The van der Waals surface area contributed by atoms with Gasteiger partial charge in [0, 0.05) is 24.3 Å². The van der Waals surface area contributed by atoms with Crippen LogP contribution in [0.15, 0.2) is 12.1 Å². The molecule has 0 N–H and O–H groups in total. The van der Waals surface area contributed by atoms with Crippen LogP contribution in [0.4, 0.5) is 0 Å². The lowest BCUT2D eigenvalue weighted by atomic mass is 9.76. The van der Waals surface area contributed by atoms with E-state index in [1.165, 1.54) is 13.8 Å². The van der Waals surface area contributed by atoms with E-state index in [0.29, 0.717) is 36.3 Å². The van der Waals surface area contributed by atoms with Gasteiger partial charge in [0.25, 0.3) is 0 Å². The molecule has 0 saturated carbocycles. The van der Waals surface area contributed by atoms with Crippen molar-refractivity contribution < 1.29 is 19.1 Å². The van der Waals surface area contributed by atoms with E-state index in [0.717, 1.165) is 5.56 Å². The van der Waals surface area contributed by atoms with Crippen molar-refractivity contribution in [2.24, 2.45) is 5.41 Å². The summed E-state index contributed by atoms with van der Waals surface area (Å²) in [5.74, 6) is -0.492. The molecule has 0 aromatic heterocycles. The fraction of sp³-hybridized carbons (Fsp3) is 0.471. The van der Waals surface area contributed by atoms with Gasteiger partial charge in [-0.2, -0.15) is 0 Å². The Labute approximate surface area is 145 Å². The number of fused-ring (bicyclic) bond motifs is 1. The maximum atomic E-state index is 13.0.